The Bertz CT molecular complexity index is 975. The summed E-state index contributed by atoms with van der Waals surface area (Å²) in [6.07, 6.45) is 0. The van der Waals surface area contributed by atoms with Gasteiger partial charge >= 0.3 is 0 Å². The molecule has 1 aromatic heterocycles. The fourth-order valence-corrected chi connectivity index (χ4v) is 3.80. The first-order valence-corrected chi connectivity index (χ1v) is 9.70. The zero-order chi connectivity index (χ0) is 18.8. The van der Waals surface area contributed by atoms with Crippen LogP contribution in [0.25, 0.3) is 10.2 Å². The van der Waals surface area contributed by atoms with Crippen molar-refractivity contribution in [3.63, 3.8) is 0 Å². The molecule has 2 amide bonds. The average molecular weight is 380 g/mol. The van der Waals surface area contributed by atoms with Crippen LogP contribution in [0.1, 0.15) is 20.7 Å². The Morgan fingerprint density at radius 2 is 1.70 bits per heavy atom. The molecule has 1 aliphatic heterocycles. The highest BCUT2D eigenvalue weighted by Crippen LogP contribution is 2.20. The first-order chi connectivity index (χ1) is 13.1. The van der Waals surface area contributed by atoms with Gasteiger partial charge in [-0.15, -0.1) is 11.3 Å². The third-order valence-corrected chi connectivity index (χ3v) is 5.57. The van der Waals surface area contributed by atoms with Gasteiger partial charge in [-0.1, -0.05) is 0 Å². The summed E-state index contributed by atoms with van der Waals surface area (Å²) >= 11 is 1.51. The fourth-order valence-electron chi connectivity index (χ4n) is 3.09. The van der Waals surface area contributed by atoms with E-state index in [1.165, 1.54) is 11.3 Å². The zero-order valence-corrected chi connectivity index (χ0v) is 15.8. The van der Waals surface area contributed by atoms with Gasteiger partial charge in [-0.05, 0) is 49.5 Å². The molecule has 2 aromatic carbocycles. The summed E-state index contributed by atoms with van der Waals surface area (Å²) in [4.78, 5) is 33.4. The van der Waals surface area contributed by atoms with E-state index in [9.17, 15) is 9.59 Å². The minimum absolute atomic E-state index is 0.0385. The van der Waals surface area contributed by atoms with Gasteiger partial charge in [0.1, 0.15) is 0 Å². The molecule has 3 aromatic rings. The molecule has 1 N–H and O–H groups in total. The number of nitrogens with zero attached hydrogens (tertiary/aromatic N) is 3. The van der Waals surface area contributed by atoms with Crippen LogP contribution in [-0.2, 0) is 0 Å². The molecule has 1 aliphatic rings. The van der Waals surface area contributed by atoms with Crippen molar-refractivity contribution < 1.29 is 9.59 Å². The molecule has 0 saturated carbocycles. The monoisotopic (exact) mass is 380 g/mol. The third kappa shape index (κ3) is 3.84. The van der Waals surface area contributed by atoms with Crippen LogP contribution in [-0.4, -0.2) is 59.8 Å². The van der Waals surface area contributed by atoms with Crippen molar-refractivity contribution in [3.05, 3.63) is 59.1 Å². The van der Waals surface area contributed by atoms with Crippen molar-refractivity contribution >= 4 is 39.1 Å². The number of thiazole rings is 1. The normalized spacial score (nSPS) is 15.1. The molecule has 27 heavy (non-hydrogen) atoms. The molecule has 6 nitrogen and oxygen atoms in total. The number of aromatic nitrogens is 1. The number of carbonyl (C=O) groups is 2. The molecule has 0 radical (unpaired) electrons. The summed E-state index contributed by atoms with van der Waals surface area (Å²) in [6.45, 7) is 3.27. The molecule has 0 bridgehead atoms. The number of hydrogen-bond donors (Lipinski definition) is 1. The van der Waals surface area contributed by atoms with E-state index >= 15 is 0 Å². The van der Waals surface area contributed by atoms with Gasteiger partial charge in [0.15, 0.2) is 0 Å². The van der Waals surface area contributed by atoms with Crippen LogP contribution in [0.4, 0.5) is 5.69 Å². The SMILES string of the molecule is CN1CCN(C(=O)c2ccc(NC(=O)c3ccc4ncsc4c3)cc2)CC1. The van der Waals surface area contributed by atoms with E-state index in [1.54, 1.807) is 35.8 Å². The quantitative estimate of drug-likeness (QED) is 0.759. The number of anilines is 1. The molecular formula is C20H20N4O2S. The Labute approximate surface area is 161 Å². The first-order valence-electron chi connectivity index (χ1n) is 8.83. The minimum Gasteiger partial charge on any atom is -0.336 e. The molecule has 0 unspecified atom stereocenters. The Morgan fingerprint density at radius 1 is 1.00 bits per heavy atom. The molecule has 4 rings (SSSR count). The summed E-state index contributed by atoms with van der Waals surface area (Å²) in [5.74, 6) is -0.139. The first kappa shape index (κ1) is 17.6. The van der Waals surface area contributed by atoms with Crippen LogP contribution in [0.2, 0.25) is 0 Å². The number of fused-ring (bicyclic) bond motifs is 1. The predicted molar refractivity (Wildman–Crippen MR) is 107 cm³/mol. The maximum atomic E-state index is 12.6. The van der Waals surface area contributed by atoms with E-state index in [0.29, 0.717) is 16.8 Å². The van der Waals surface area contributed by atoms with E-state index in [2.05, 4.69) is 22.2 Å². The maximum Gasteiger partial charge on any atom is 0.255 e. The minimum atomic E-state index is -0.177. The molecule has 7 heteroatoms. The molecule has 0 atom stereocenters. The molecule has 2 heterocycles. The molecule has 0 spiro atoms. The van der Waals surface area contributed by atoms with Crippen LogP contribution in [0, 0.1) is 0 Å². The number of carbonyl (C=O) groups excluding carboxylic acids is 2. The summed E-state index contributed by atoms with van der Waals surface area (Å²) in [5.41, 5.74) is 4.55. The molecular weight excluding hydrogens is 360 g/mol. The Kier molecular flexibility index (Phi) is 4.87. The number of amides is 2. The Balaban J connectivity index is 1.42. The number of nitrogens with one attached hydrogen (secondary N) is 1. The summed E-state index contributed by atoms with van der Waals surface area (Å²) in [5, 5.41) is 2.88. The number of rotatable bonds is 3. The van der Waals surface area contributed by atoms with E-state index in [-0.39, 0.29) is 11.8 Å². The second-order valence-electron chi connectivity index (χ2n) is 6.66. The smallest absolute Gasteiger partial charge is 0.255 e. The van der Waals surface area contributed by atoms with Crippen molar-refractivity contribution in [2.75, 3.05) is 38.5 Å². The van der Waals surface area contributed by atoms with Gasteiger partial charge in [-0.3, -0.25) is 9.59 Å². The second kappa shape index (κ2) is 7.46. The van der Waals surface area contributed by atoms with Crippen LogP contribution < -0.4 is 5.32 Å². The van der Waals surface area contributed by atoms with Gasteiger partial charge in [0.2, 0.25) is 0 Å². The highest BCUT2D eigenvalue weighted by Gasteiger charge is 2.20. The van der Waals surface area contributed by atoms with Crippen LogP contribution in [0.15, 0.2) is 48.0 Å². The topological polar surface area (TPSA) is 65.5 Å². The van der Waals surface area contributed by atoms with E-state index in [1.807, 2.05) is 17.0 Å². The summed E-state index contributed by atoms with van der Waals surface area (Å²) in [7, 11) is 2.06. The van der Waals surface area contributed by atoms with Crippen LogP contribution >= 0.6 is 11.3 Å². The van der Waals surface area contributed by atoms with Gasteiger partial charge < -0.3 is 15.1 Å². The number of likely N-dealkylation sites (N-methyl/N-ethyl adjacent to an activating group) is 1. The van der Waals surface area contributed by atoms with Gasteiger partial charge in [-0.2, -0.15) is 0 Å². The predicted octanol–water partition coefficient (Wildman–Crippen LogP) is 2.94. The van der Waals surface area contributed by atoms with Gasteiger partial charge in [0.25, 0.3) is 11.8 Å². The largest absolute Gasteiger partial charge is 0.336 e. The zero-order valence-electron chi connectivity index (χ0n) is 15.0. The highest BCUT2D eigenvalue weighted by atomic mass is 32.1. The summed E-state index contributed by atoms with van der Waals surface area (Å²) in [6, 6.07) is 12.5. The van der Waals surface area contributed by atoms with E-state index in [4.69, 9.17) is 0 Å². The van der Waals surface area contributed by atoms with Crippen LogP contribution in [0.5, 0.6) is 0 Å². The summed E-state index contributed by atoms with van der Waals surface area (Å²) < 4.78 is 0.982. The number of hydrogen-bond acceptors (Lipinski definition) is 5. The van der Waals surface area contributed by atoms with Crippen LogP contribution in [0.3, 0.4) is 0 Å². The lowest BCUT2D eigenvalue weighted by molar-refractivity contribution is 0.0664. The maximum absolute atomic E-state index is 12.6. The van der Waals surface area contributed by atoms with Crippen molar-refractivity contribution in [1.29, 1.82) is 0 Å². The highest BCUT2D eigenvalue weighted by molar-refractivity contribution is 7.16. The average Bonchev–Trinajstić information content (AvgIpc) is 3.16. The Hall–Kier alpha value is -2.77. The molecule has 1 saturated heterocycles. The number of piperazine rings is 1. The fraction of sp³-hybridized carbons (Fsp3) is 0.250. The van der Waals surface area contributed by atoms with Crippen molar-refractivity contribution in [2.24, 2.45) is 0 Å². The molecule has 1 fully saturated rings. The van der Waals surface area contributed by atoms with Gasteiger partial charge in [0, 0.05) is 43.0 Å². The third-order valence-electron chi connectivity index (χ3n) is 4.77. The Morgan fingerprint density at radius 3 is 2.44 bits per heavy atom. The lowest BCUT2D eigenvalue weighted by Crippen LogP contribution is -2.47. The molecule has 138 valence electrons. The van der Waals surface area contributed by atoms with Crippen molar-refractivity contribution in [3.8, 4) is 0 Å². The lowest BCUT2D eigenvalue weighted by Gasteiger charge is -2.32. The lowest BCUT2D eigenvalue weighted by atomic mass is 10.1. The van der Waals surface area contributed by atoms with E-state index < -0.39 is 0 Å². The van der Waals surface area contributed by atoms with Crippen molar-refractivity contribution in [2.45, 2.75) is 0 Å². The van der Waals surface area contributed by atoms with E-state index in [0.717, 1.165) is 36.4 Å². The second-order valence-corrected chi connectivity index (χ2v) is 7.55. The van der Waals surface area contributed by atoms with Gasteiger partial charge in [0.05, 0.1) is 15.7 Å². The standard InChI is InChI=1S/C20H20N4O2S/c1-23-8-10-24(11-9-23)20(26)14-2-5-16(6-3-14)22-19(25)15-4-7-17-18(12-15)27-13-21-17/h2-7,12-13H,8-11H2,1H3,(H,22,25). The molecule has 0 aliphatic carbocycles. The number of benzene rings is 2. The van der Waals surface area contributed by atoms with Crippen molar-refractivity contribution in [1.82, 2.24) is 14.8 Å². The van der Waals surface area contributed by atoms with Gasteiger partial charge in [-0.25, -0.2) is 4.98 Å².